The Morgan fingerprint density at radius 2 is 1.57 bits per heavy atom. The average Bonchev–Trinajstić information content (AvgIpc) is 2.70. The van der Waals surface area contributed by atoms with Crippen LogP contribution in [0.2, 0.25) is 0 Å². The van der Waals surface area contributed by atoms with E-state index in [0.29, 0.717) is 5.75 Å². The Bertz CT molecular complexity index is 630. The lowest BCUT2D eigenvalue weighted by Gasteiger charge is -2.28. The molecule has 0 saturated carbocycles. The number of carbonyl (C=O) groups is 2. The number of likely N-dealkylation sites (tertiary alicyclic amines) is 1. The summed E-state index contributed by atoms with van der Waals surface area (Å²) < 4.78 is 0. The highest BCUT2D eigenvalue weighted by molar-refractivity contribution is 7.99. The number of piperidine rings is 1. The smallest absolute Gasteiger partial charge is 0.327 e. The third kappa shape index (κ3) is 12.1. The molecule has 6 heteroatoms. The van der Waals surface area contributed by atoms with Gasteiger partial charge in [0, 0.05) is 24.6 Å². The number of carbonyl (C=O) groups excluding carboxylic acids is 1. The van der Waals surface area contributed by atoms with Crippen molar-refractivity contribution in [3.63, 3.8) is 0 Å². The Kier molecular flexibility index (Phi) is 13.3. The van der Waals surface area contributed by atoms with E-state index < -0.39 is 12.0 Å². The molecule has 0 radical (unpaired) electrons. The fourth-order valence-electron chi connectivity index (χ4n) is 3.24. The third-order valence-corrected chi connectivity index (χ3v) is 6.17. The molecule has 0 bridgehead atoms. The largest absolute Gasteiger partial charge is 0.480 e. The van der Waals surface area contributed by atoms with Gasteiger partial charge in [-0.1, -0.05) is 34.9 Å². The van der Waals surface area contributed by atoms with Gasteiger partial charge in [-0.15, -0.1) is 0 Å². The Labute approximate surface area is 187 Å². The highest BCUT2D eigenvalue weighted by Gasteiger charge is 2.23. The molecule has 0 aromatic rings. The van der Waals surface area contributed by atoms with E-state index in [9.17, 15) is 14.7 Å². The van der Waals surface area contributed by atoms with E-state index in [1.54, 1.807) is 16.7 Å². The van der Waals surface area contributed by atoms with Crippen molar-refractivity contribution in [3.05, 3.63) is 34.9 Å². The number of aliphatic carboxylic acids is 1. The van der Waals surface area contributed by atoms with Crippen molar-refractivity contribution in [2.45, 2.75) is 78.7 Å². The number of carboxylic acids is 1. The fourth-order valence-corrected chi connectivity index (χ4v) is 4.24. The minimum absolute atomic E-state index is 0.249. The quantitative estimate of drug-likeness (QED) is 0.300. The van der Waals surface area contributed by atoms with E-state index in [-0.39, 0.29) is 6.03 Å². The van der Waals surface area contributed by atoms with Gasteiger partial charge in [0.1, 0.15) is 6.04 Å². The highest BCUT2D eigenvalue weighted by atomic mass is 32.2. The maximum atomic E-state index is 12.2. The van der Waals surface area contributed by atoms with E-state index in [4.69, 9.17) is 0 Å². The number of urea groups is 1. The van der Waals surface area contributed by atoms with Crippen LogP contribution in [-0.4, -0.2) is 52.6 Å². The lowest BCUT2D eigenvalue weighted by atomic mass is 10.1. The molecular weight excluding hydrogens is 396 g/mol. The van der Waals surface area contributed by atoms with E-state index in [1.165, 1.54) is 16.7 Å². The molecule has 170 valence electrons. The van der Waals surface area contributed by atoms with Crippen molar-refractivity contribution in [1.82, 2.24) is 10.2 Å². The number of nitrogens with zero attached hydrogens (tertiary/aromatic N) is 1. The van der Waals surface area contributed by atoms with Crippen LogP contribution in [0.4, 0.5) is 4.79 Å². The van der Waals surface area contributed by atoms with E-state index in [2.05, 4.69) is 51.2 Å². The van der Waals surface area contributed by atoms with Crippen LogP contribution in [0.5, 0.6) is 0 Å². The lowest BCUT2D eigenvalue weighted by molar-refractivity contribution is -0.138. The van der Waals surface area contributed by atoms with Gasteiger partial charge in [0.15, 0.2) is 0 Å². The number of hydrogen-bond donors (Lipinski definition) is 2. The van der Waals surface area contributed by atoms with Crippen LogP contribution in [0.1, 0.15) is 72.6 Å². The molecule has 0 aliphatic carbocycles. The number of carboxylic acid groups (broad SMARTS) is 1. The number of nitrogens with one attached hydrogen (secondary N) is 1. The Morgan fingerprint density at radius 3 is 2.17 bits per heavy atom. The summed E-state index contributed by atoms with van der Waals surface area (Å²) in [7, 11) is 0. The van der Waals surface area contributed by atoms with E-state index in [1.807, 2.05) is 0 Å². The van der Waals surface area contributed by atoms with Gasteiger partial charge in [-0.25, -0.2) is 9.59 Å². The molecule has 1 aliphatic heterocycles. The topological polar surface area (TPSA) is 69.6 Å². The number of allylic oxidation sites excluding steroid dienone is 5. The van der Waals surface area contributed by atoms with Crippen LogP contribution in [-0.2, 0) is 4.79 Å². The van der Waals surface area contributed by atoms with Gasteiger partial charge in [-0.3, -0.25) is 0 Å². The van der Waals surface area contributed by atoms with Crippen LogP contribution in [0.25, 0.3) is 0 Å². The standard InChI is InChI=1S/C24H40N2O3S/c1-19(2)10-8-11-20(3)12-9-13-21(4)14-17-30-18-22(23(27)28)25-24(29)26-15-6-5-7-16-26/h10,12,14,22H,5-9,11,13,15-18H2,1-4H3,(H,25,29)(H,27,28)/t22-/m0/s1. The Hall–Kier alpha value is -1.69. The van der Waals surface area contributed by atoms with Crippen LogP contribution in [0.15, 0.2) is 34.9 Å². The predicted octanol–water partition coefficient (Wildman–Crippen LogP) is 5.79. The molecule has 1 heterocycles. The minimum Gasteiger partial charge on any atom is -0.480 e. The SMILES string of the molecule is CC(C)=CCCC(C)=CCCC(C)=CCSC[C@H](NC(=O)N1CCCCC1)C(=O)O. The maximum Gasteiger partial charge on any atom is 0.327 e. The molecule has 5 nitrogen and oxygen atoms in total. The zero-order chi connectivity index (χ0) is 22.4. The fraction of sp³-hybridized carbons (Fsp3) is 0.667. The van der Waals surface area contributed by atoms with Crippen LogP contribution in [0.3, 0.4) is 0 Å². The number of hydrogen-bond acceptors (Lipinski definition) is 3. The van der Waals surface area contributed by atoms with Crippen molar-refractivity contribution in [2.24, 2.45) is 0 Å². The summed E-state index contributed by atoms with van der Waals surface area (Å²) in [5.41, 5.74) is 4.12. The first-order valence-corrected chi connectivity index (χ1v) is 12.3. The van der Waals surface area contributed by atoms with Crippen molar-refractivity contribution < 1.29 is 14.7 Å². The maximum absolute atomic E-state index is 12.2. The van der Waals surface area contributed by atoms with E-state index >= 15 is 0 Å². The number of thioether (sulfide) groups is 1. The highest BCUT2D eigenvalue weighted by Crippen LogP contribution is 2.14. The summed E-state index contributed by atoms with van der Waals surface area (Å²) in [6.45, 7) is 10.0. The second-order valence-electron chi connectivity index (χ2n) is 8.39. The first kappa shape index (κ1) is 26.3. The molecular formula is C24H40N2O3S. The van der Waals surface area contributed by atoms with Crippen LogP contribution in [0, 0.1) is 0 Å². The van der Waals surface area contributed by atoms with Crippen LogP contribution < -0.4 is 5.32 Å². The van der Waals surface area contributed by atoms with Crippen molar-refractivity contribution >= 4 is 23.8 Å². The average molecular weight is 437 g/mol. The molecule has 2 N–H and O–H groups in total. The molecule has 30 heavy (non-hydrogen) atoms. The first-order valence-electron chi connectivity index (χ1n) is 11.1. The monoisotopic (exact) mass is 436 g/mol. The third-order valence-electron chi connectivity index (χ3n) is 5.20. The molecule has 2 amide bonds. The minimum atomic E-state index is -0.970. The second-order valence-corrected chi connectivity index (χ2v) is 9.46. The van der Waals surface area contributed by atoms with Gasteiger partial charge >= 0.3 is 12.0 Å². The summed E-state index contributed by atoms with van der Waals surface area (Å²) in [4.78, 5) is 25.5. The van der Waals surface area contributed by atoms with Gasteiger partial charge in [0.2, 0.25) is 0 Å². The van der Waals surface area contributed by atoms with Crippen LogP contribution >= 0.6 is 11.8 Å². The van der Waals surface area contributed by atoms with Gasteiger partial charge in [0.05, 0.1) is 0 Å². The molecule has 0 aromatic carbocycles. The summed E-state index contributed by atoms with van der Waals surface area (Å²) in [5, 5.41) is 12.1. The van der Waals surface area contributed by atoms with Gasteiger partial charge in [0.25, 0.3) is 0 Å². The van der Waals surface area contributed by atoms with E-state index in [0.717, 1.165) is 63.8 Å². The van der Waals surface area contributed by atoms with Crippen molar-refractivity contribution in [3.8, 4) is 0 Å². The van der Waals surface area contributed by atoms with Gasteiger partial charge in [-0.05, 0) is 72.6 Å². The summed E-state index contributed by atoms with van der Waals surface area (Å²) in [5.74, 6) is 0.169. The normalized spacial score (nSPS) is 16.2. The second kappa shape index (κ2) is 15.2. The Morgan fingerprint density at radius 1 is 0.967 bits per heavy atom. The zero-order valence-corrected chi connectivity index (χ0v) is 20.0. The molecule has 1 atom stereocenters. The van der Waals surface area contributed by atoms with Gasteiger partial charge < -0.3 is 15.3 Å². The molecule has 1 aliphatic rings. The summed E-state index contributed by atoms with van der Waals surface area (Å²) >= 11 is 1.55. The lowest BCUT2D eigenvalue weighted by Crippen LogP contribution is -2.50. The van der Waals surface area contributed by atoms with Crippen molar-refractivity contribution in [1.29, 1.82) is 0 Å². The Balaban J connectivity index is 2.30. The van der Waals surface area contributed by atoms with Crippen molar-refractivity contribution in [2.75, 3.05) is 24.6 Å². The molecule has 1 fully saturated rings. The molecule has 0 spiro atoms. The predicted molar refractivity (Wildman–Crippen MR) is 128 cm³/mol. The molecule has 1 saturated heterocycles. The number of rotatable bonds is 12. The zero-order valence-electron chi connectivity index (χ0n) is 19.2. The molecule has 1 rings (SSSR count). The van der Waals surface area contributed by atoms with Gasteiger partial charge in [-0.2, -0.15) is 11.8 Å². The number of amides is 2. The molecule has 0 aromatic heterocycles. The summed E-state index contributed by atoms with van der Waals surface area (Å²) in [6.07, 6.45) is 14.2. The summed E-state index contributed by atoms with van der Waals surface area (Å²) in [6, 6.07) is -1.09. The first-order chi connectivity index (χ1) is 14.3. The molecule has 0 unspecified atom stereocenters.